The van der Waals surface area contributed by atoms with Crippen molar-refractivity contribution in [3.05, 3.63) is 59.9 Å². The van der Waals surface area contributed by atoms with Crippen molar-refractivity contribution in [3.8, 4) is 0 Å². The summed E-state index contributed by atoms with van der Waals surface area (Å²) in [6.07, 6.45) is 2.70. The molecule has 1 heterocycles. The Labute approximate surface area is 133 Å². The topological polar surface area (TPSA) is 49.6 Å². The minimum atomic E-state index is 0.631. The van der Waals surface area contributed by atoms with E-state index in [1.165, 1.54) is 5.56 Å². The number of benzene rings is 1. The number of rotatable bonds is 4. The van der Waals surface area contributed by atoms with Crippen LogP contribution >= 0.6 is 0 Å². The second-order valence-electron chi connectivity index (χ2n) is 4.42. The van der Waals surface area contributed by atoms with Crippen LogP contribution in [0.3, 0.4) is 0 Å². The van der Waals surface area contributed by atoms with Crippen molar-refractivity contribution >= 4 is 32.1 Å². The predicted molar refractivity (Wildman–Crippen MR) is 88.3 cm³/mol. The summed E-state index contributed by atoms with van der Waals surface area (Å²) in [6, 6.07) is 13.8. The maximum absolute atomic E-state index is 4.52. The molecule has 21 heavy (non-hydrogen) atoms. The van der Waals surface area contributed by atoms with Gasteiger partial charge in [-0.1, -0.05) is 0 Å². The Bertz CT molecular complexity index is 650. The monoisotopic (exact) mass is 345 g/mol. The second-order valence-corrected chi connectivity index (χ2v) is 5.23. The van der Waals surface area contributed by atoms with Crippen LogP contribution in [-0.4, -0.2) is 31.4 Å². The number of nitrogens with one attached hydrogen (secondary N) is 1. The quantitative estimate of drug-likeness (QED) is 0.401. The molecule has 0 aliphatic carbocycles. The molecule has 1 aromatic heterocycles. The molecule has 107 valence electrons. The third-order valence-corrected chi connectivity index (χ3v) is 3.33. The van der Waals surface area contributed by atoms with E-state index in [2.05, 4.69) is 49.5 Å². The van der Waals surface area contributed by atoms with Gasteiger partial charge in [-0.15, -0.1) is 0 Å². The van der Waals surface area contributed by atoms with Crippen LogP contribution in [0.25, 0.3) is 0 Å². The van der Waals surface area contributed by atoms with Crippen molar-refractivity contribution in [2.24, 2.45) is 10.1 Å². The van der Waals surface area contributed by atoms with Crippen molar-refractivity contribution in [2.45, 2.75) is 20.3 Å². The minimum absolute atomic E-state index is 0.631. The van der Waals surface area contributed by atoms with E-state index >= 15 is 0 Å². The Hall–Kier alpha value is -1.97. The molecule has 1 aromatic carbocycles. The molecule has 4 nitrogen and oxygen atoms in total. The summed E-state index contributed by atoms with van der Waals surface area (Å²) in [4.78, 5) is 8.77. The van der Waals surface area contributed by atoms with Gasteiger partial charge < -0.3 is 0 Å². The van der Waals surface area contributed by atoms with Crippen molar-refractivity contribution < 1.29 is 0 Å². The van der Waals surface area contributed by atoms with Crippen LogP contribution in [0.4, 0.5) is 5.69 Å². The average molecular weight is 344 g/mol. The van der Waals surface area contributed by atoms with E-state index in [4.69, 9.17) is 0 Å². The summed E-state index contributed by atoms with van der Waals surface area (Å²) < 4.78 is 0.631. The summed E-state index contributed by atoms with van der Waals surface area (Å²) in [5.74, 6) is 0. The van der Waals surface area contributed by atoms with Crippen molar-refractivity contribution in [3.63, 3.8) is 0 Å². The van der Waals surface area contributed by atoms with Crippen LogP contribution in [0.2, 0.25) is 0 Å². The molecule has 1 N–H and O–H groups in total. The van der Waals surface area contributed by atoms with Gasteiger partial charge in [0.25, 0.3) is 0 Å². The van der Waals surface area contributed by atoms with Crippen molar-refractivity contribution in [1.82, 2.24) is 10.4 Å². The predicted octanol–water partition coefficient (Wildman–Crippen LogP) is 2.81. The second kappa shape index (κ2) is 7.72. The zero-order chi connectivity index (χ0) is 15.1. The van der Waals surface area contributed by atoms with Crippen LogP contribution in [0.1, 0.15) is 25.1 Å². The fourth-order valence-electron chi connectivity index (χ4n) is 1.82. The molecule has 0 bridgehead atoms. The zero-order valence-electron chi connectivity index (χ0n) is 12.1. The molecule has 0 fully saturated rings. The van der Waals surface area contributed by atoms with E-state index in [1.54, 1.807) is 6.20 Å². The van der Waals surface area contributed by atoms with E-state index in [0.29, 0.717) is 4.73 Å². The van der Waals surface area contributed by atoms with Crippen molar-refractivity contribution in [1.29, 1.82) is 0 Å². The van der Waals surface area contributed by atoms with Gasteiger partial charge in [-0.05, 0) is 0 Å². The van der Waals surface area contributed by atoms with E-state index in [0.717, 1.165) is 23.5 Å². The van der Waals surface area contributed by atoms with Gasteiger partial charge in [0.15, 0.2) is 0 Å². The first-order chi connectivity index (χ1) is 10.2. The SMILES string of the molecule is CCc1ccccc1N=C([Se])NN=C(C)c1ccccn1. The first kappa shape index (κ1) is 15.4. The summed E-state index contributed by atoms with van der Waals surface area (Å²) >= 11 is 2.90. The number of aliphatic imine (C=N–C) groups is 1. The number of para-hydroxylation sites is 1. The number of hydrogen-bond donors (Lipinski definition) is 1. The van der Waals surface area contributed by atoms with Gasteiger partial charge in [0.2, 0.25) is 0 Å². The molecule has 0 saturated carbocycles. The number of aromatic nitrogens is 1. The summed E-state index contributed by atoms with van der Waals surface area (Å²) in [5.41, 5.74) is 6.73. The first-order valence-electron chi connectivity index (χ1n) is 6.76. The average Bonchev–Trinajstić information content (AvgIpc) is 2.54. The Kier molecular flexibility index (Phi) is 5.67. The third-order valence-electron chi connectivity index (χ3n) is 2.95. The number of nitrogens with zero attached hydrogens (tertiary/aromatic N) is 3. The number of hydrogen-bond acceptors (Lipinski definition) is 3. The third kappa shape index (κ3) is 4.52. The molecule has 2 rings (SSSR count). The van der Waals surface area contributed by atoms with Gasteiger partial charge in [0.1, 0.15) is 0 Å². The van der Waals surface area contributed by atoms with Gasteiger partial charge >= 0.3 is 133 Å². The molecule has 5 heteroatoms. The van der Waals surface area contributed by atoms with E-state index < -0.39 is 0 Å². The first-order valence-corrected chi connectivity index (χ1v) is 7.61. The van der Waals surface area contributed by atoms with Crippen LogP contribution in [0.5, 0.6) is 0 Å². The van der Waals surface area contributed by atoms with E-state index in [9.17, 15) is 0 Å². The molecular weight excluding hydrogens is 327 g/mol. The van der Waals surface area contributed by atoms with Crippen LogP contribution in [0, 0.1) is 0 Å². The van der Waals surface area contributed by atoms with E-state index in [1.807, 2.05) is 43.3 Å². The number of hydrazone groups is 1. The summed E-state index contributed by atoms with van der Waals surface area (Å²) in [6.45, 7) is 4.02. The Balaban J connectivity index is 2.11. The van der Waals surface area contributed by atoms with Gasteiger partial charge in [-0.2, -0.15) is 0 Å². The van der Waals surface area contributed by atoms with Gasteiger partial charge in [-0.3, -0.25) is 0 Å². The molecule has 0 amide bonds. The van der Waals surface area contributed by atoms with Crippen LogP contribution in [-0.2, 0) is 6.42 Å². The zero-order valence-corrected chi connectivity index (χ0v) is 13.8. The van der Waals surface area contributed by atoms with Gasteiger partial charge in [-0.25, -0.2) is 0 Å². The fourth-order valence-corrected chi connectivity index (χ4v) is 2.12. The molecule has 0 unspecified atom stereocenters. The van der Waals surface area contributed by atoms with E-state index in [-0.39, 0.29) is 0 Å². The standard InChI is InChI=1S/C16H17N4Se/c1-3-13-8-4-5-10-15(13)18-16(21)20-19-12(2)14-9-6-7-11-17-14/h4-11H,3H2,1-2H3,(H,18,20). The molecule has 0 saturated heterocycles. The summed E-state index contributed by atoms with van der Waals surface area (Å²) in [7, 11) is 0. The van der Waals surface area contributed by atoms with Gasteiger partial charge in [0.05, 0.1) is 0 Å². The Morgan fingerprint density at radius 2 is 1.95 bits per heavy atom. The molecule has 2 aromatic rings. The van der Waals surface area contributed by atoms with Gasteiger partial charge in [0, 0.05) is 0 Å². The molecule has 0 spiro atoms. The maximum atomic E-state index is 4.52. The number of pyridine rings is 1. The summed E-state index contributed by atoms with van der Waals surface area (Å²) in [5, 5.41) is 4.29. The molecule has 0 aliphatic rings. The number of aryl methyl sites for hydroxylation is 1. The van der Waals surface area contributed by atoms with Crippen LogP contribution in [0.15, 0.2) is 58.8 Å². The molecule has 0 atom stereocenters. The molecule has 1 radical (unpaired) electrons. The normalized spacial score (nSPS) is 12.3. The number of amidine groups is 1. The van der Waals surface area contributed by atoms with Crippen LogP contribution < -0.4 is 5.43 Å². The molecular formula is C16H17N4Se. The Morgan fingerprint density at radius 3 is 2.67 bits per heavy atom. The fraction of sp³-hybridized carbons (Fsp3) is 0.188. The Morgan fingerprint density at radius 1 is 1.19 bits per heavy atom. The molecule has 0 aliphatic heterocycles. The van der Waals surface area contributed by atoms with Crippen molar-refractivity contribution in [2.75, 3.05) is 0 Å².